The Hall–Kier alpha value is -1.43. The number of nitrogens with zero attached hydrogens (tertiary/aromatic N) is 4. The average molecular weight is 235 g/mol. The number of rotatable bonds is 3. The van der Waals surface area contributed by atoms with Crippen LogP contribution in [0.4, 0.5) is 0 Å². The predicted molar refractivity (Wildman–Crippen MR) is 61.0 cm³/mol. The molecule has 6 heteroatoms. The summed E-state index contributed by atoms with van der Waals surface area (Å²) in [5.41, 5.74) is 5.30. The van der Waals surface area contributed by atoms with E-state index in [2.05, 4.69) is 14.8 Å². The molecule has 0 unspecified atom stereocenters. The smallest absolute Gasteiger partial charge is 0.242 e. The minimum atomic E-state index is -0.595. The predicted octanol–water partition coefficient (Wildman–Crippen LogP) is -0.326. The maximum atomic E-state index is 12.0. The van der Waals surface area contributed by atoms with Crippen LogP contribution in [0.2, 0.25) is 0 Å². The molecule has 0 spiro atoms. The molecule has 1 saturated carbocycles. The third-order valence-electron chi connectivity index (χ3n) is 3.63. The van der Waals surface area contributed by atoms with Crippen molar-refractivity contribution < 1.29 is 4.79 Å². The van der Waals surface area contributed by atoms with E-state index >= 15 is 0 Å². The van der Waals surface area contributed by atoms with Crippen LogP contribution >= 0.6 is 0 Å². The van der Waals surface area contributed by atoms with Gasteiger partial charge in [0.05, 0.1) is 12.1 Å². The van der Waals surface area contributed by atoms with Crippen LogP contribution in [-0.4, -0.2) is 38.2 Å². The van der Waals surface area contributed by atoms with Crippen LogP contribution in [-0.2, 0) is 24.3 Å². The van der Waals surface area contributed by atoms with Gasteiger partial charge in [-0.15, -0.1) is 10.2 Å². The topological polar surface area (TPSA) is 77.0 Å². The van der Waals surface area contributed by atoms with E-state index in [4.69, 9.17) is 5.73 Å². The van der Waals surface area contributed by atoms with E-state index < -0.39 is 5.54 Å². The summed E-state index contributed by atoms with van der Waals surface area (Å²) in [7, 11) is 1.78. The van der Waals surface area contributed by atoms with Gasteiger partial charge in [-0.2, -0.15) is 0 Å². The molecule has 0 bridgehead atoms. The summed E-state index contributed by atoms with van der Waals surface area (Å²) >= 11 is 0. The van der Waals surface area contributed by atoms with E-state index in [0.717, 1.165) is 43.9 Å². The SMILES string of the molecule is CN(Cc1nnc2n1CCC2)C(=O)C1(N)CC1. The molecule has 92 valence electrons. The van der Waals surface area contributed by atoms with Gasteiger partial charge in [0, 0.05) is 20.0 Å². The largest absolute Gasteiger partial charge is 0.337 e. The fraction of sp³-hybridized carbons (Fsp3) is 0.727. The average Bonchev–Trinajstić information content (AvgIpc) is 2.77. The van der Waals surface area contributed by atoms with E-state index in [0.29, 0.717) is 6.54 Å². The van der Waals surface area contributed by atoms with E-state index in [9.17, 15) is 4.79 Å². The Morgan fingerprint density at radius 3 is 3.00 bits per heavy atom. The molecular weight excluding hydrogens is 218 g/mol. The second kappa shape index (κ2) is 3.53. The van der Waals surface area contributed by atoms with Crippen LogP contribution in [0.3, 0.4) is 0 Å². The Balaban J connectivity index is 1.72. The lowest BCUT2D eigenvalue weighted by Crippen LogP contribution is -2.43. The second-order valence-electron chi connectivity index (χ2n) is 5.11. The molecule has 1 amide bonds. The maximum absolute atomic E-state index is 12.0. The van der Waals surface area contributed by atoms with Crippen molar-refractivity contribution in [2.45, 2.75) is 44.3 Å². The van der Waals surface area contributed by atoms with E-state index in [-0.39, 0.29) is 5.91 Å². The first-order valence-electron chi connectivity index (χ1n) is 6.05. The van der Waals surface area contributed by atoms with Gasteiger partial charge in [-0.25, -0.2) is 0 Å². The number of amides is 1. The lowest BCUT2D eigenvalue weighted by molar-refractivity contribution is -0.132. The van der Waals surface area contributed by atoms with E-state index in [1.54, 1.807) is 11.9 Å². The molecule has 0 saturated heterocycles. The summed E-state index contributed by atoms with van der Waals surface area (Å²) in [5.74, 6) is 1.93. The van der Waals surface area contributed by atoms with Crippen molar-refractivity contribution in [3.63, 3.8) is 0 Å². The summed E-state index contributed by atoms with van der Waals surface area (Å²) in [5, 5.41) is 8.27. The highest BCUT2D eigenvalue weighted by molar-refractivity contribution is 5.88. The summed E-state index contributed by atoms with van der Waals surface area (Å²) in [6, 6.07) is 0. The molecule has 1 aromatic rings. The zero-order valence-electron chi connectivity index (χ0n) is 10.0. The van der Waals surface area contributed by atoms with E-state index in [1.807, 2.05) is 0 Å². The lowest BCUT2D eigenvalue weighted by atomic mass is 10.2. The third-order valence-corrected chi connectivity index (χ3v) is 3.63. The summed E-state index contributed by atoms with van der Waals surface area (Å²) < 4.78 is 2.11. The number of carbonyl (C=O) groups excluding carboxylic acids is 1. The highest BCUT2D eigenvalue weighted by atomic mass is 16.2. The number of carbonyl (C=O) groups is 1. The van der Waals surface area contributed by atoms with Crippen molar-refractivity contribution in [1.29, 1.82) is 0 Å². The van der Waals surface area contributed by atoms with Crippen molar-refractivity contribution in [2.75, 3.05) is 7.05 Å². The molecule has 2 aliphatic rings. The third kappa shape index (κ3) is 1.72. The summed E-state index contributed by atoms with van der Waals surface area (Å²) in [4.78, 5) is 13.7. The Bertz CT molecular complexity index is 462. The van der Waals surface area contributed by atoms with Gasteiger partial charge in [0.2, 0.25) is 5.91 Å². The second-order valence-corrected chi connectivity index (χ2v) is 5.11. The standard InChI is InChI=1S/C11H17N5O/c1-15(10(17)11(12)4-5-11)7-9-14-13-8-3-2-6-16(8)9/h2-7,12H2,1H3. The summed E-state index contributed by atoms with van der Waals surface area (Å²) in [6.07, 6.45) is 3.71. The number of nitrogens with two attached hydrogens (primary N) is 1. The quantitative estimate of drug-likeness (QED) is 0.778. The molecule has 1 fully saturated rings. The first kappa shape index (κ1) is 10.7. The normalized spacial score (nSPS) is 20.1. The van der Waals surface area contributed by atoms with E-state index in [1.165, 1.54) is 0 Å². The van der Waals surface area contributed by atoms with Crippen LogP contribution in [0.25, 0.3) is 0 Å². The van der Waals surface area contributed by atoms with Crippen LogP contribution in [0.1, 0.15) is 30.9 Å². The fourth-order valence-electron chi connectivity index (χ4n) is 2.34. The molecule has 0 radical (unpaired) electrons. The van der Waals surface area contributed by atoms with Crippen LogP contribution in [0.15, 0.2) is 0 Å². The number of hydrogen-bond donors (Lipinski definition) is 1. The summed E-state index contributed by atoms with van der Waals surface area (Å²) in [6.45, 7) is 1.47. The Morgan fingerprint density at radius 1 is 1.53 bits per heavy atom. The first-order valence-corrected chi connectivity index (χ1v) is 6.05. The number of aryl methyl sites for hydroxylation is 1. The molecule has 3 rings (SSSR count). The maximum Gasteiger partial charge on any atom is 0.242 e. The molecule has 0 aromatic carbocycles. The Labute approximate surface area is 99.8 Å². The van der Waals surface area contributed by atoms with Gasteiger partial charge in [0.25, 0.3) is 0 Å². The highest BCUT2D eigenvalue weighted by Gasteiger charge is 2.47. The number of aromatic nitrogens is 3. The van der Waals surface area contributed by atoms with Crippen molar-refractivity contribution in [1.82, 2.24) is 19.7 Å². The fourth-order valence-corrected chi connectivity index (χ4v) is 2.34. The van der Waals surface area contributed by atoms with Gasteiger partial charge in [0.1, 0.15) is 5.82 Å². The molecule has 1 aliphatic heterocycles. The van der Waals surface area contributed by atoms with Gasteiger partial charge >= 0.3 is 0 Å². The number of likely N-dealkylation sites (N-methyl/N-ethyl adjacent to an activating group) is 1. The van der Waals surface area contributed by atoms with Crippen molar-refractivity contribution in [2.24, 2.45) is 5.73 Å². The minimum Gasteiger partial charge on any atom is -0.337 e. The number of fused-ring (bicyclic) bond motifs is 1. The van der Waals surface area contributed by atoms with Gasteiger partial charge < -0.3 is 15.2 Å². The Morgan fingerprint density at radius 2 is 2.29 bits per heavy atom. The van der Waals surface area contributed by atoms with Gasteiger partial charge in [-0.05, 0) is 19.3 Å². The molecular formula is C11H17N5O. The lowest BCUT2D eigenvalue weighted by Gasteiger charge is -2.20. The molecule has 0 atom stereocenters. The minimum absolute atomic E-state index is 0.0212. The molecule has 2 heterocycles. The number of hydrogen-bond acceptors (Lipinski definition) is 4. The van der Waals surface area contributed by atoms with Crippen molar-refractivity contribution in [3.05, 3.63) is 11.6 Å². The Kier molecular flexibility index (Phi) is 2.22. The van der Waals surface area contributed by atoms with Crippen molar-refractivity contribution in [3.8, 4) is 0 Å². The van der Waals surface area contributed by atoms with Gasteiger partial charge in [-0.1, -0.05) is 0 Å². The van der Waals surface area contributed by atoms with Gasteiger partial charge in [0.15, 0.2) is 5.82 Å². The highest BCUT2D eigenvalue weighted by Crippen LogP contribution is 2.34. The van der Waals surface area contributed by atoms with Crippen LogP contribution < -0.4 is 5.73 Å². The van der Waals surface area contributed by atoms with Crippen molar-refractivity contribution >= 4 is 5.91 Å². The monoisotopic (exact) mass is 235 g/mol. The van der Waals surface area contributed by atoms with Gasteiger partial charge in [-0.3, -0.25) is 4.79 Å². The zero-order valence-corrected chi connectivity index (χ0v) is 10.0. The zero-order chi connectivity index (χ0) is 12.0. The molecule has 1 aliphatic carbocycles. The first-order chi connectivity index (χ1) is 8.10. The molecule has 17 heavy (non-hydrogen) atoms. The molecule has 2 N–H and O–H groups in total. The van der Waals surface area contributed by atoms with Crippen LogP contribution in [0.5, 0.6) is 0 Å². The molecule has 1 aromatic heterocycles. The molecule has 6 nitrogen and oxygen atoms in total. The van der Waals surface area contributed by atoms with Crippen LogP contribution in [0, 0.1) is 0 Å².